The highest BCUT2D eigenvalue weighted by Crippen LogP contribution is 2.23. The summed E-state index contributed by atoms with van der Waals surface area (Å²) < 4.78 is 14.0. The second-order valence-electron chi connectivity index (χ2n) is 4.64. The van der Waals surface area contributed by atoms with Gasteiger partial charge in [-0.1, -0.05) is 0 Å². The van der Waals surface area contributed by atoms with E-state index >= 15 is 0 Å². The number of halogens is 1. The molecular weight excluding hydrogens is 279 g/mol. The number of non-ortho nitro benzene ring substituents is 1. The maximum absolute atomic E-state index is 14.0. The van der Waals surface area contributed by atoms with E-state index in [1.54, 1.807) is 13.8 Å². The lowest BCUT2D eigenvalue weighted by atomic mass is 10.1. The minimum absolute atomic E-state index is 0.0370. The first-order chi connectivity index (χ1) is 9.81. The first-order valence-corrected chi connectivity index (χ1v) is 6.08. The lowest BCUT2D eigenvalue weighted by Gasteiger charge is -2.08. The molecule has 1 heterocycles. The van der Waals surface area contributed by atoms with E-state index in [0.29, 0.717) is 17.1 Å². The molecule has 21 heavy (non-hydrogen) atoms. The fourth-order valence-electron chi connectivity index (χ4n) is 1.94. The average molecular weight is 292 g/mol. The van der Waals surface area contributed by atoms with Crippen molar-refractivity contribution < 1.29 is 14.1 Å². The number of aryl methyl sites for hydroxylation is 3. The standard InChI is InChI=1S/C13H13FN4O3/c1-6-4-9(18(20)21)5-10(11(6)14)13(19)15-12-7(2)16-17-8(12)3/h4-5H,1-3H3,(H,15,19)(H,16,17). The van der Waals surface area contributed by atoms with Gasteiger partial charge in [-0.05, 0) is 26.3 Å². The predicted molar refractivity (Wildman–Crippen MR) is 73.8 cm³/mol. The summed E-state index contributed by atoms with van der Waals surface area (Å²) in [5.74, 6) is -1.54. The number of anilines is 1. The number of nitrogens with zero attached hydrogens (tertiary/aromatic N) is 2. The first kappa shape index (κ1) is 14.6. The number of aromatic nitrogens is 2. The fourth-order valence-corrected chi connectivity index (χ4v) is 1.94. The molecule has 0 spiro atoms. The van der Waals surface area contributed by atoms with E-state index < -0.39 is 16.6 Å². The Morgan fingerprint density at radius 3 is 2.57 bits per heavy atom. The average Bonchev–Trinajstić information content (AvgIpc) is 2.73. The quantitative estimate of drug-likeness (QED) is 0.670. The number of rotatable bonds is 3. The summed E-state index contributed by atoms with van der Waals surface area (Å²) in [6, 6.07) is 2.00. The molecule has 0 saturated carbocycles. The molecule has 0 radical (unpaired) electrons. The predicted octanol–water partition coefficient (Wildman–Crippen LogP) is 2.63. The van der Waals surface area contributed by atoms with Gasteiger partial charge in [0.1, 0.15) is 5.82 Å². The number of hydrogen-bond donors (Lipinski definition) is 2. The van der Waals surface area contributed by atoms with Crippen LogP contribution in [-0.4, -0.2) is 21.0 Å². The van der Waals surface area contributed by atoms with Crippen molar-refractivity contribution in [2.24, 2.45) is 0 Å². The van der Waals surface area contributed by atoms with Crippen LogP contribution in [0.15, 0.2) is 12.1 Å². The van der Waals surface area contributed by atoms with Crippen LogP contribution in [0.3, 0.4) is 0 Å². The van der Waals surface area contributed by atoms with Crippen LogP contribution in [-0.2, 0) is 0 Å². The third kappa shape index (κ3) is 2.73. The number of carbonyl (C=O) groups excluding carboxylic acids is 1. The van der Waals surface area contributed by atoms with Crippen LogP contribution in [0, 0.1) is 36.7 Å². The topological polar surface area (TPSA) is 101 Å². The summed E-state index contributed by atoms with van der Waals surface area (Å²) in [7, 11) is 0. The van der Waals surface area contributed by atoms with Crippen molar-refractivity contribution in [1.82, 2.24) is 10.2 Å². The number of nitro groups is 1. The van der Waals surface area contributed by atoms with Gasteiger partial charge >= 0.3 is 0 Å². The molecule has 0 unspecified atom stereocenters. The van der Waals surface area contributed by atoms with Crippen molar-refractivity contribution in [3.63, 3.8) is 0 Å². The minimum Gasteiger partial charge on any atom is -0.319 e. The van der Waals surface area contributed by atoms with Crippen LogP contribution in [0.1, 0.15) is 27.3 Å². The molecule has 1 aromatic carbocycles. The Morgan fingerprint density at radius 2 is 2.05 bits per heavy atom. The van der Waals surface area contributed by atoms with Gasteiger partial charge in [0.05, 0.1) is 27.6 Å². The van der Waals surface area contributed by atoms with Crippen molar-refractivity contribution in [3.8, 4) is 0 Å². The summed E-state index contributed by atoms with van der Waals surface area (Å²) in [5, 5.41) is 19.9. The molecule has 0 fully saturated rings. The monoisotopic (exact) mass is 292 g/mol. The highest BCUT2D eigenvalue weighted by Gasteiger charge is 2.21. The Hall–Kier alpha value is -2.77. The van der Waals surface area contributed by atoms with Crippen LogP contribution in [0.2, 0.25) is 0 Å². The Balaban J connectivity index is 2.42. The van der Waals surface area contributed by atoms with Gasteiger partial charge in [-0.25, -0.2) is 4.39 Å². The van der Waals surface area contributed by atoms with Crippen molar-refractivity contribution in [2.45, 2.75) is 20.8 Å². The van der Waals surface area contributed by atoms with E-state index in [9.17, 15) is 19.3 Å². The first-order valence-electron chi connectivity index (χ1n) is 6.08. The second-order valence-corrected chi connectivity index (χ2v) is 4.64. The summed E-state index contributed by atoms with van der Waals surface area (Å²) in [4.78, 5) is 22.3. The molecule has 2 aromatic rings. The minimum atomic E-state index is -0.781. The normalized spacial score (nSPS) is 10.5. The molecule has 8 heteroatoms. The SMILES string of the molecule is Cc1cc([N+](=O)[O-])cc(C(=O)Nc2c(C)n[nH]c2C)c1F. The number of nitrogens with one attached hydrogen (secondary N) is 2. The Morgan fingerprint density at radius 1 is 1.38 bits per heavy atom. The van der Waals surface area contributed by atoms with Crippen molar-refractivity contribution in [2.75, 3.05) is 5.32 Å². The zero-order valence-corrected chi connectivity index (χ0v) is 11.7. The number of amides is 1. The molecule has 2 rings (SSSR count). The van der Waals surface area contributed by atoms with Crippen molar-refractivity contribution >= 4 is 17.3 Å². The van der Waals surface area contributed by atoms with E-state index in [2.05, 4.69) is 15.5 Å². The number of H-pyrrole nitrogens is 1. The number of benzene rings is 1. The molecule has 0 aliphatic carbocycles. The third-order valence-corrected chi connectivity index (χ3v) is 3.06. The van der Waals surface area contributed by atoms with Crippen molar-refractivity contribution in [1.29, 1.82) is 0 Å². The highest BCUT2D eigenvalue weighted by atomic mass is 19.1. The van der Waals surface area contributed by atoms with Crippen molar-refractivity contribution in [3.05, 3.63) is 50.6 Å². The smallest absolute Gasteiger partial charge is 0.270 e. The summed E-state index contributed by atoms with van der Waals surface area (Å²) >= 11 is 0. The van der Waals surface area contributed by atoms with Crippen LogP contribution in [0.5, 0.6) is 0 Å². The van der Waals surface area contributed by atoms with E-state index in [1.165, 1.54) is 6.92 Å². The zero-order chi connectivity index (χ0) is 15.7. The van der Waals surface area contributed by atoms with Crippen LogP contribution in [0.4, 0.5) is 15.8 Å². The molecule has 0 bridgehead atoms. The molecule has 110 valence electrons. The Kier molecular flexibility index (Phi) is 3.70. The van der Waals surface area contributed by atoms with Gasteiger partial charge in [0, 0.05) is 12.1 Å². The van der Waals surface area contributed by atoms with Crippen LogP contribution < -0.4 is 5.32 Å². The molecule has 7 nitrogen and oxygen atoms in total. The molecule has 0 aliphatic rings. The fraction of sp³-hybridized carbons (Fsp3) is 0.231. The van der Waals surface area contributed by atoms with E-state index in [0.717, 1.165) is 12.1 Å². The maximum atomic E-state index is 14.0. The largest absolute Gasteiger partial charge is 0.319 e. The van der Waals surface area contributed by atoms with Gasteiger partial charge < -0.3 is 5.32 Å². The van der Waals surface area contributed by atoms with Gasteiger partial charge in [0.25, 0.3) is 11.6 Å². The number of hydrogen-bond acceptors (Lipinski definition) is 4. The lowest BCUT2D eigenvalue weighted by molar-refractivity contribution is -0.385. The van der Waals surface area contributed by atoms with Crippen LogP contribution >= 0.6 is 0 Å². The van der Waals surface area contributed by atoms with E-state index in [1.807, 2.05) is 0 Å². The van der Waals surface area contributed by atoms with Crippen LogP contribution in [0.25, 0.3) is 0 Å². The summed E-state index contributed by atoms with van der Waals surface area (Å²) in [6.07, 6.45) is 0. The third-order valence-electron chi connectivity index (χ3n) is 3.06. The Bertz CT molecular complexity index is 720. The van der Waals surface area contributed by atoms with Gasteiger partial charge in [0.15, 0.2) is 0 Å². The highest BCUT2D eigenvalue weighted by molar-refractivity contribution is 6.05. The van der Waals surface area contributed by atoms with E-state index in [-0.39, 0.29) is 16.8 Å². The second kappa shape index (κ2) is 5.31. The number of carbonyl (C=O) groups is 1. The van der Waals surface area contributed by atoms with Gasteiger partial charge in [0.2, 0.25) is 0 Å². The number of nitro benzene ring substituents is 1. The molecule has 1 aromatic heterocycles. The molecular formula is C13H13FN4O3. The Labute approximate surface area is 119 Å². The molecule has 0 saturated heterocycles. The summed E-state index contributed by atoms with van der Waals surface area (Å²) in [6.45, 7) is 4.74. The molecule has 1 amide bonds. The maximum Gasteiger partial charge on any atom is 0.270 e. The number of aromatic amines is 1. The molecule has 0 atom stereocenters. The van der Waals surface area contributed by atoms with Gasteiger partial charge in [-0.3, -0.25) is 20.0 Å². The van der Waals surface area contributed by atoms with E-state index in [4.69, 9.17) is 0 Å². The van der Waals surface area contributed by atoms with Gasteiger partial charge in [-0.2, -0.15) is 5.10 Å². The lowest BCUT2D eigenvalue weighted by Crippen LogP contribution is -2.15. The molecule has 0 aliphatic heterocycles. The zero-order valence-electron chi connectivity index (χ0n) is 11.7. The molecule has 2 N–H and O–H groups in total. The summed E-state index contributed by atoms with van der Waals surface area (Å²) in [5.41, 5.74) is 0.923. The van der Waals surface area contributed by atoms with Gasteiger partial charge in [-0.15, -0.1) is 0 Å².